The van der Waals surface area contributed by atoms with Gasteiger partial charge in [0.2, 0.25) is 5.91 Å². The summed E-state index contributed by atoms with van der Waals surface area (Å²) in [6.07, 6.45) is 4.36. The number of hydrogen-bond donors (Lipinski definition) is 1. The van der Waals surface area contributed by atoms with E-state index >= 15 is 0 Å². The molecule has 3 atom stereocenters. The molecule has 1 aliphatic carbocycles. The third-order valence-corrected chi connectivity index (χ3v) is 6.49. The maximum absolute atomic E-state index is 13.1. The van der Waals surface area contributed by atoms with E-state index in [2.05, 4.69) is 41.5 Å². The second-order valence-corrected chi connectivity index (χ2v) is 8.41. The molecule has 2 aliphatic heterocycles. The number of alkyl halides is 1. The number of benzene rings is 1. The highest BCUT2D eigenvalue weighted by molar-refractivity contribution is 6.21. The summed E-state index contributed by atoms with van der Waals surface area (Å²) in [6.45, 7) is 1.82. The Morgan fingerprint density at radius 1 is 1.20 bits per heavy atom. The lowest BCUT2D eigenvalue weighted by Gasteiger charge is -2.36. The predicted octanol–water partition coefficient (Wildman–Crippen LogP) is 2.85. The van der Waals surface area contributed by atoms with E-state index in [0.717, 1.165) is 56.5 Å². The molecule has 0 radical (unpaired) electrons. The molecule has 0 aromatic heterocycles. The maximum atomic E-state index is 13.1. The molecular formula is C20H26ClN3O. The minimum atomic E-state index is -0.614. The molecule has 4 nitrogen and oxygen atoms in total. The Hall–Kier alpha value is -1.39. The van der Waals surface area contributed by atoms with Crippen molar-refractivity contribution >= 4 is 23.2 Å². The largest absolute Gasteiger partial charge is 0.351 e. The zero-order valence-corrected chi connectivity index (χ0v) is 15.5. The first-order valence-electron chi connectivity index (χ1n) is 9.36. The Balaban J connectivity index is 1.79. The number of nitrogens with zero attached hydrogens (tertiary/aromatic N) is 2. The molecule has 4 rings (SSSR count). The molecule has 1 aromatic rings. The molecule has 2 fully saturated rings. The summed E-state index contributed by atoms with van der Waals surface area (Å²) in [5.41, 5.74) is 1.61. The van der Waals surface area contributed by atoms with Gasteiger partial charge in [0.1, 0.15) is 5.54 Å². The summed E-state index contributed by atoms with van der Waals surface area (Å²) in [6, 6.07) is 10.5. The van der Waals surface area contributed by atoms with E-state index in [1.807, 2.05) is 6.07 Å². The van der Waals surface area contributed by atoms with E-state index in [4.69, 9.17) is 16.6 Å². The number of halogens is 1. The predicted molar refractivity (Wildman–Crippen MR) is 101 cm³/mol. The average Bonchev–Trinajstić information content (AvgIpc) is 2.74. The van der Waals surface area contributed by atoms with Crippen LogP contribution in [0.2, 0.25) is 0 Å². The van der Waals surface area contributed by atoms with Crippen molar-refractivity contribution in [3.05, 3.63) is 35.9 Å². The van der Waals surface area contributed by atoms with Crippen LogP contribution in [0.25, 0.3) is 0 Å². The molecule has 1 N–H and O–H groups in total. The summed E-state index contributed by atoms with van der Waals surface area (Å²) in [5, 5.41) is 3.51. The van der Waals surface area contributed by atoms with Crippen LogP contribution in [-0.4, -0.2) is 53.6 Å². The van der Waals surface area contributed by atoms with Crippen molar-refractivity contribution < 1.29 is 4.79 Å². The van der Waals surface area contributed by atoms with Gasteiger partial charge in [-0.15, -0.1) is 11.6 Å². The van der Waals surface area contributed by atoms with Gasteiger partial charge in [0.05, 0.1) is 0 Å². The first kappa shape index (κ1) is 17.0. The van der Waals surface area contributed by atoms with E-state index in [9.17, 15) is 4.79 Å². The van der Waals surface area contributed by atoms with Gasteiger partial charge in [0, 0.05) is 36.1 Å². The average molecular weight is 360 g/mol. The van der Waals surface area contributed by atoms with E-state index in [1.54, 1.807) is 0 Å². The minimum Gasteiger partial charge on any atom is -0.351 e. The molecule has 1 saturated carbocycles. The highest BCUT2D eigenvalue weighted by atomic mass is 35.5. The van der Waals surface area contributed by atoms with Crippen molar-refractivity contribution in [1.29, 1.82) is 0 Å². The fraction of sp³-hybridized carbons (Fsp3) is 0.600. The molecule has 2 heterocycles. The number of rotatable bonds is 1. The molecule has 25 heavy (non-hydrogen) atoms. The Kier molecular flexibility index (Phi) is 4.59. The number of carbonyl (C=O) groups excluding carboxylic acids is 1. The molecule has 1 saturated heterocycles. The quantitative estimate of drug-likeness (QED) is 0.784. The van der Waals surface area contributed by atoms with Crippen LogP contribution in [0.4, 0.5) is 0 Å². The van der Waals surface area contributed by atoms with Crippen molar-refractivity contribution in [2.45, 2.75) is 49.1 Å². The van der Waals surface area contributed by atoms with E-state index < -0.39 is 5.54 Å². The lowest BCUT2D eigenvalue weighted by atomic mass is 9.79. The van der Waals surface area contributed by atoms with Crippen molar-refractivity contribution in [2.24, 2.45) is 10.9 Å². The van der Waals surface area contributed by atoms with Gasteiger partial charge >= 0.3 is 0 Å². The summed E-state index contributed by atoms with van der Waals surface area (Å²) in [5.74, 6) is 0.330. The molecule has 3 aliphatic rings. The van der Waals surface area contributed by atoms with E-state index in [0.29, 0.717) is 0 Å². The summed E-state index contributed by atoms with van der Waals surface area (Å²) in [7, 11) is 2.11. The zero-order chi connectivity index (χ0) is 17.4. The van der Waals surface area contributed by atoms with Gasteiger partial charge in [-0.05, 0) is 44.7 Å². The number of fused-ring (bicyclic) bond motifs is 1. The second-order valence-electron chi connectivity index (χ2n) is 7.79. The van der Waals surface area contributed by atoms with Crippen molar-refractivity contribution in [2.75, 3.05) is 20.1 Å². The van der Waals surface area contributed by atoms with Crippen LogP contribution in [0.5, 0.6) is 0 Å². The van der Waals surface area contributed by atoms with Gasteiger partial charge in [-0.3, -0.25) is 9.79 Å². The first-order chi connectivity index (χ1) is 12.1. The number of amides is 1. The van der Waals surface area contributed by atoms with Crippen molar-refractivity contribution in [3.63, 3.8) is 0 Å². The number of nitrogens with one attached hydrogen (secondary N) is 1. The van der Waals surface area contributed by atoms with E-state index in [-0.39, 0.29) is 23.2 Å². The monoisotopic (exact) mass is 359 g/mol. The molecule has 2 unspecified atom stereocenters. The van der Waals surface area contributed by atoms with E-state index in [1.165, 1.54) is 0 Å². The fourth-order valence-electron chi connectivity index (χ4n) is 4.48. The van der Waals surface area contributed by atoms with Crippen LogP contribution in [0, 0.1) is 5.92 Å². The Bertz CT molecular complexity index is 667. The fourth-order valence-corrected chi connectivity index (χ4v) is 4.79. The van der Waals surface area contributed by atoms with Gasteiger partial charge in [0.15, 0.2) is 0 Å². The molecule has 5 heteroatoms. The lowest BCUT2D eigenvalue weighted by Crippen LogP contribution is -2.54. The maximum Gasteiger partial charge on any atom is 0.248 e. The first-order valence-corrected chi connectivity index (χ1v) is 9.80. The smallest absolute Gasteiger partial charge is 0.248 e. The topological polar surface area (TPSA) is 44.7 Å². The molecule has 134 valence electrons. The molecule has 1 amide bonds. The molecule has 1 spiro atoms. The number of piperidine rings is 1. The lowest BCUT2D eigenvalue weighted by molar-refractivity contribution is -0.128. The summed E-state index contributed by atoms with van der Waals surface area (Å²) < 4.78 is 0. The minimum absolute atomic E-state index is 0.120. The number of hydrogen-bond acceptors (Lipinski definition) is 3. The van der Waals surface area contributed by atoms with Crippen LogP contribution in [0.1, 0.15) is 37.7 Å². The number of carbonyl (C=O) groups is 1. The highest BCUT2D eigenvalue weighted by Crippen LogP contribution is 2.37. The summed E-state index contributed by atoms with van der Waals surface area (Å²) in [4.78, 5) is 20.6. The Morgan fingerprint density at radius 2 is 1.92 bits per heavy atom. The number of likely N-dealkylation sites (tertiary alicyclic amines) is 1. The third-order valence-electron chi connectivity index (χ3n) is 6.09. The van der Waals surface area contributed by atoms with Gasteiger partial charge in [0.25, 0.3) is 0 Å². The SMILES string of the molecule is CN1CCC2(CC1)N=C(c1ccccc1)C1C[C@@H](Cl)CCC1NC2=O. The van der Waals surface area contributed by atoms with Crippen molar-refractivity contribution in [1.82, 2.24) is 10.2 Å². The van der Waals surface area contributed by atoms with Crippen LogP contribution in [0.15, 0.2) is 35.3 Å². The Labute approximate surface area is 154 Å². The van der Waals surface area contributed by atoms with Crippen LogP contribution < -0.4 is 5.32 Å². The Morgan fingerprint density at radius 3 is 2.64 bits per heavy atom. The molecule has 1 aromatic carbocycles. The van der Waals surface area contributed by atoms with Crippen molar-refractivity contribution in [3.8, 4) is 0 Å². The molecular weight excluding hydrogens is 334 g/mol. The van der Waals surface area contributed by atoms with Gasteiger partial charge in [-0.25, -0.2) is 0 Å². The highest BCUT2D eigenvalue weighted by Gasteiger charge is 2.47. The van der Waals surface area contributed by atoms with Gasteiger partial charge < -0.3 is 10.2 Å². The third kappa shape index (κ3) is 3.22. The van der Waals surface area contributed by atoms with Crippen LogP contribution in [0.3, 0.4) is 0 Å². The summed E-state index contributed by atoms with van der Waals surface area (Å²) >= 11 is 6.50. The van der Waals surface area contributed by atoms with Crippen LogP contribution >= 0.6 is 11.6 Å². The van der Waals surface area contributed by atoms with Crippen LogP contribution in [-0.2, 0) is 4.79 Å². The second kappa shape index (κ2) is 6.73. The normalized spacial score (nSPS) is 32.5. The zero-order valence-electron chi connectivity index (χ0n) is 14.7. The number of aliphatic imine (C=N–C) groups is 1. The van der Waals surface area contributed by atoms with Gasteiger partial charge in [-0.2, -0.15) is 0 Å². The standard InChI is InChI=1S/C20H26ClN3O/c1-24-11-9-20(10-12-24)19(25)22-17-8-7-15(21)13-16(17)18(23-20)14-5-3-2-4-6-14/h2-6,15-17H,7-13H2,1H3,(H,22,25)/t15-,16?,17?/m0/s1. The molecule has 0 bridgehead atoms. The van der Waals surface area contributed by atoms with Gasteiger partial charge in [-0.1, -0.05) is 30.3 Å².